The SMILES string of the molecule is Cl.O=C(Cn1c(C(F)(F)F)nc2ccccc21)N1CC[C@@H]2CNC[C@@H]2CC1. The van der Waals surface area contributed by atoms with E-state index in [2.05, 4.69) is 10.3 Å². The molecular weight excluding hydrogens is 381 g/mol. The summed E-state index contributed by atoms with van der Waals surface area (Å²) in [6.07, 6.45) is -2.79. The summed E-state index contributed by atoms with van der Waals surface area (Å²) in [6.45, 7) is 2.82. The van der Waals surface area contributed by atoms with E-state index in [1.807, 2.05) is 0 Å². The number of benzene rings is 1. The normalized spacial score (nSPS) is 23.0. The molecule has 2 aliphatic rings. The van der Waals surface area contributed by atoms with Crippen molar-refractivity contribution in [3.05, 3.63) is 30.1 Å². The van der Waals surface area contributed by atoms with Crippen molar-refractivity contribution >= 4 is 29.3 Å². The van der Waals surface area contributed by atoms with Crippen LogP contribution in [-0.4, -0.2) is 46.5 Å². The summed E-state index contributed by atoms with van der Waals surface area (Å²) in [5.41, 5.74) is 0.591. The van der Waals surface area contributed by atoms with Gasteiger partial charge in [0.1, 0.15) is 6.54 Å². The fourth-order valence-corrected chi connectivity index (χ4v) is 4.15. The van der Waals surface area contributed by atoms with Crippen LogP contribution in [0.1, 0.15) is 18.7 Å². The lowest BCUT2D eigenvalue weighted by Crippen LogP contribution is -2.36. The fraction of sp³-hybridized carbons (Fsp3) is 0.556. The van der Waals surface area contributed by atoms with Gasteiger partial charge >= 0.3 is 6.18 Å². The summed E-state index contributed by atoms with van der Waals surface area (Å²) < 4.78 is 41.2. The average Bonchev–Trinajstić information content (AvgIpc) is 3.14. The molecular formula is C18H22ClF3N4O. The zero-order valence-electron chi connectivity index (χ0n) is 14.7. The van der Waals surface area contributed by atoms with E-state index in [-0.39, 0.29) is 30.4 Å². The van der Waals surface area contributed by atoms with Crippen LogP contribution < -0.4 is 5.32 Å². The number of halogens is 4. The number of imidazole rings is 1. The first-order valence-corrected chi connectivity index (χ1v) is 8.94. The van der Waals surface area contributed by atoms with Crippen molar-refractivity contribution < 1.29 is 18.0 Å². The van der Waals surface area contributed by atoms with Gasteiger partial charge in [0.25, 0.3) is 0 Å². The molecule has 2 aliphatic heterocycles. The Balaban J connectivity index is 0.00000210. The summed E-state index contributed by atoms with van der Waals surface area (Å²) in [6, 6.07) is 6.41. The minimum Gasteiger partial charge on any atom is -0.341 e. The first kappa shape index (κ1) is 19.9. The molecule has 2 fully saturated rings. The van der Waals surface area contributed by atoms with Crippen molar-refractivity contribution in [3.63, 3.8) is 0 Å². The number of alkyl halides is 3. The van der Waals surface area contributed by atoms with Crippen LogP contribution in [0.4, 0.5) is 13.2 Å². The highest BCUT2D eigenvalue weighted by molar-refractivity contribution is 5.85. The van der Waals surface area contributed by atoms with E-state index in [9.17, 15) is 18.0 Å². The van der Waals surface area contributed by atoms with Crippen LogP contribution in [0.5, 0.6) is 0 Å². The Hall–Kier alpha value is -1.80. The lowest BCUT2D eigenvalue weighted by atomic mass is 9.92. The number of aromatic nitrogens is 2. The zero-order chi connectivity index (χ0) is 18.3. The third kappa shape index (κ3) is 3.91. The number of nitrogens with zero attached hydrogens (tertiary/aromatic N) is 3. The van der Waals surface area contributed by atoms with Gasteiger partial charge in [0.05, 0.1) is 11.0 Å². The topological polar surface area (TPSA) is 50.2 Å². The zero-order valence-corrected chi connectivity index (χ0v) is 15.5. The molecule has 2 saturated heterocycles. The van der Waals surface area contributed by atoms with Crippen LogP contribution >= 0.6 is 12.4 Å². The molecule has 1 N–H and O–H groups in total. The van der Waals surface area contributed by atoms with Gasteiger partial charge in [0, 0.05) is 13.1 Å². The molecule has 0 unspecified atom stereocenters. The molecule has 5 nitrogen and oxygen atoms in total. The molecule has 1 amide bonds. The molecule has 1 aromatic carbocycles. The first-order valence-electron chi connectivity index (χ1n) is 8.94. The summed E-state index contributed by atoms with van der Waals surface area (Å²) in [4.78, 5) is 18.2. The smallest absolute Gasteiger partial charge is 0.341 e. The van der Waals surface area contributed by atoms with E-state index >= 15 is 0 Å². The van der Waals surface area contributed by atoms with E-state index < -0.39 is 12.0 Å². The Morgan fingerprint density at radius 1 is 1.15 bits per heavy atom. The fourth-order valence-electron chi connectivity index (χ4n) is 4.15. The number of rotatable bonds is 2. The number of hydrogen-bond acceptors (Lipinski definition) is 3. The van der Waals surface area contributed by atoms with Gasteiger partial charge in [-0.25, -0.2) is 4.98 Å². The number of carbonyl (C=O) groups excluding carboxylic acids is 1. The van der Waals surface area contributed by atoms with Crippen molar-refractivity contribution in [2.45, 2.75) is 25.6 Å². The molecule has 0 radical (unpaired) electrons. The van der Waals surface area contributed by atoms with Crippen molar-refractivity contribution in [1.29, 1.82) is 0 Å². The third-order valence-corrected chi connectivity index (χ3v) is 5.57. The Labute approximate surface area is 161 Å². The van der Waals surface area contributed by atoms with Gasteiger partial charge in [-0.05, 0) is 49.9 Å². The summed E-state index contributed by atoms with van der Waals surface area (Å²) >= 11 is 0. The highest BCUT2D eigenvalue weighted by Gasteiger charge is 2.38. The minimum absolute atomic E-state index is 0. The minimum atomic E-state index is -4.60. The molecule has 2 atom stereocenters. The van der Waals surface area contributed by atoms with E-state index in [1.165, 1.54) is 6.07 Å². The second kappa shape index (κ2) is 7.67. The van der Waals surface area contributed by atoms with Crippen LogP contribution in [0.25, 0.3) is 11.0 Å². The second-order valence-corrected chi connectivity index (χ2v) is 7.14. The van der Waals surface area contributed by atoms with Gasteiger partial charge in [-0.15, -0.1) is 12.4 Å². The Morgan fingerprint density at radius 3 is 2.41 bits per heavy atom. The summed E-state index contributed by atoms with van der Waals surface area (Å²) in [7, 11) is 0. The molecule has 0 spiro atoms. The quantitative estimate of drug-likeness (QED) is 0.840. The van der Waals surface area contributed by atoms with Gasteiger partial charge in [-0.1, -0.05) is 12.1 Å². The number of likely N-dealkylation sites (tertiary alicyclic amines) is 1. The number of hydrogen-bond donors (Lipinski definition) is 1. The second-order valence-electron chi connectivity index (χ2n) is 7.14. The molecule has 2 aromatic rings. The van der Waals surface area contributed by atoms with Gasteiger partial charge in [0.2, 0.25) is 11.7 Å². The summed E-state index contributed by atoms with van der Waals surface area (Å²) in [5.74, 6) is -0.158. The molecule has 0 bridgehead atoms. The maximum atomic E-state index is 13.4. The van der Waals surface area contributed by atoms with Crippen molar-refractivity contribution in [1.82, 2.24) is 19.8 Å². The van der Waals surface area contributed by atoms with Crippen LogP contribution in [-0.2, 0) is 17.5 Å². The average molecular weight is 403 g/mol. The lowest BCUT2D eigenvalue weighted by Gasteiger charge is -2.22. The van der Waals surface area contributed by atoms with E-state index in [0.717, 1.165) is 30.5 Å². The Kier molecular flexibility index (Phi) is 5.67. The molecule has 0 saturated carbocycles. The number of fused-ring (bicyclic) bond motifs is 2. The maximum absolute atomic E-state index is 13.4. The predicted octanol–water partition coefficient (Wildman–Crippen LogP) is 2.93. The van der Waals surface area contributed by atoms with Crippen molar-refractivity contribution in [2.24, 2.45) is 11.8 Å². The first-order chi connectivity index (χ1) is 12.4. The van der Waals surface area contributed by atoms with E-state index in [4.69, 9.17) is 0 Å². The van der Waals surface area contributed by atoms with Gasteiger partial charge < -0.3 is 14.8 Å². The standard InChI is InChI=1S/C18H21F3N4O.ClH/c19-18(20,21)17-23-14-3-1-2-4-15(14)25(17)11-16(26)24-7-5-12-9-22-10-13(12)6-8-24;/h1-4,12-13,22H,5-11H2;1H/t12-,13+;. The van der Waals surface area contributed by atoms with Crippen molar-refractivity contribution in [3.8, 4) is 0 Å². The predicted molar refractivity (Wildman–Crippen MR) is 97.6 cm³/mol. The molecule has 4 rings (SSSR count). The number of nitrogens with one attached hydrogen (secondary N) is 1. The van der Waals surface area contributed by atoms with Crippen LogP contribution in [0.3, 0.4) is 0 Å². The largest absolute Gasteiger partial charge is 0.449 e. The third-order valence-electron chi connectivity index (χ3n) is 5.57. The number of carbonyl (C=O) groups is 1. The number of para-hydroxylation sites is 2. The van der Waals surface area contributed by atoms with Gasteiger partial charge in [-0.3, -0.25) is 4.79 Å². The van der Waals surface area contributed by atoms with Crippen LogP contribution in [0.2, 0.25) is 0 Å². The van der Waals surface area contributed by atoms with E-state index in [1.54, 1.807) is 23.1 Å². The summed E-state index contributed by atoms with van der Waals surface area (Å²) in [5, 5.41) is 3.38. The molecule has 9 heteroatoms. The number of amides is 1. The Bertz CT molecular complexity index is 809. The Morgan fingerprint density at radius 2 is 1.78 bits per heavy atom. The van der Waals surface area contributed by atoms with Gasteiger partial charge in [0.15, 0.2) is 0 Å². The van der Waals surface area contributed by atoms with Gasteiger partial charge in [-0.2, -0.15) is 13.2 Å². The van der Waals surface area contributed by atoms with Crippen molar-refractivity contribution in [2.75, 3.05) is 26.2 Å². The molecule has 1 aromatic heterocycles. The highest BCUT2D eigenvalue weighted by atomic mass is 35.5. The lowest BCUT2D eigenvalue weighted by molar-refractivity contribution is -0.148. The van der Waals surface area contributed by atoms with E-state index in [0.29, 0.717) is 30.4 Å². The maximum Gasteiger partial charge on any atom is 0.449 e. The van der Waals surface area contributed by atoms with Crippen LogP contribution in [0.15, 0.2) is 24.3 Å². The highest BCUT2D eigenvalue weighted by Crippen LogP contribution is 2.32. The monoisotopic (exact) mass is 402 g/mol. The molecule has 27 heavy (non-hydrogen) atoms. The molecule has 3 heterocycles. The molecule has 0 aliphatic carbocycles. The molecule has 148 valence electrons. The van der Waals surface area contributed by atoms with Crippen LogP contribution in [0, 0.1) is 11.8 Å².